The molecule has 4 nitrogen and oxygen atoms in total. The average molecular weight is 542 g/mol. The summed E-state index contributed by atoms with van der Waals surface area (Å²) in [6.07, 6.45) is -9.56. The van der Waals surface area contributed by atoms with Gasteiger partial charge in [-0.2, -0.15) is 26.3 Å². The predicted octanol–water partition coefficient (Wildman–Crippen LogP) is 8.71. The van der Waals surface area contributed by atoms with Crippen LogP contribution in [-0.4, -0.2) is 0 Å². The van der Waals surface area contributed by atoms with Gasteiger partial charge in [-0.15, -0.1) is 0 Å². The molecule has 2 aliphatic rings. The number of alkyl halides is 6. The lowest BCUT2D eigenvalue weighted by Crippen LogP contribution is -2.08. The molecule has 0 N–H and O–H groups in total. The summed E-state index contributed by atoms with van der Waals surface area (Å²) in [6.45, 7) is 17.9. The van der Waals surface area contributed by atoms with Crippen molar-refractivity contribution in [3.8, 4) is 34.4 Å². The van der Waals surface area contributed by atoms with Gasteiger partial charge in [0.2, 0.25) is 0 Å². The molecular weight excluding hydrogens is 530 g/mol. The van der Waals surface area contributed by atoms with E-state index in [9.17, 15) is 36.9 Å². The fraction of sp³-hybridized carbons (Fsp3) is 0.133. The van der Waals surface area contributed by atoms with Crippen molar-refractivity contribution in [3.05, 3.63) is 115 Å². The van der Waals surface area contributed by atoms with Crippen molar-refractivity contribution >= 4 is 11.1 Å². The third-order valence-corrected chi connectivity index (χ3v) is 6.93. The highest BCUT2D eigenvalue weighted by Gasteiger charge is 2.42. The Bertz CT molecular complexity index is 1900. The number of aryl methyl sites for hydroxylation is 2. The van der Waals surface area contributed by atoms with Crippen molar-refractivity contribution in [2.75, 3.05) is 0 Å². The van der Waals surface area contributed by atoms with Crippen LogP contribution in [0.3, 0.4) is 0 Å². The van der Waals surface area contributed by atoms with Gasteiger partial charge in [0.05, 0.1) is 36.4 Å². The van der Waals surface area contributed by atoms with Crippen molar-refractivity contribution < 1.29 is 26.3 Å². The SMILES string of the molecule is [C-]#[N+]/C(C#N)=C1/c2cc3c(cc2-c2c1cc(C)cc2C(F)(F)F)/C(=C(/C#N)[N+]#[C-])c1cc(C(F)(F)F)cc(C)c1-3. The first-order chi connectivity index (χ1) is 18.8. The van der Waals surface area contributed by atoms with Gasteiger partial charge in [0.25, 0.3) is 11.4 Å². The summed E-state index contributed by atoms with van der Waals surface area (Å²) in [5.74, 6) is 0. The van der Waals surface area contributed by atoms with Crippen LogP contribution in [0, 0.1) is 49.7 Å². The maximum Gasteiger partial charge on any atom is 0.417 e. The highest BCUT2D eigenvalue weighted by atomic mass is 19.4. The molecule has 10 heteroatoms. The standard InChI is InChI=1S/C30H12F6N4/c1-13-5-20-26(22(6-13)30(34,35)36)17-10-18-16(9-19(17)27(20)23(11-37)39-3)25-14(2)7-15(29(31,32)33)8-21(25)28(18)24(12-38)40-4/h5-10H,1-2H3/b27-23-,28-24+. The Hall–Kier alpha value is -5.32. The Morgan fingerprint density at radius 1 is 0.650 bits per heavy atom. The molecule has 3 aromatic carbocycles. The molecule has 0 atom stereocenters. The number of halogens is 6. The summed E-state index contributed by atoms with van der Waals surface area (Å²) in [4.78, 5) is 6.44. The monoisotopic (exact) mass is 542 g/mol. The molecule has 2 aliphatic carbocycles. The highest BCUT2D eigenvalue weighted by Crippen LogP contribution is 2.57. The van der Waals surface area contributed by atoms with Gasteiger partial charge in [0.15, 0.2) is 0 Å². The van der Waals surface area contributed by atoms with Crippen molar-refractivity contribution in [3.63, 3.8) is 0 Å². The van der Waals surface area contributed by atoms with E-state index in [1.165, 1.54) is 32.0 Å². The molecule has 0 amide bonds. The van der Waals surface area contributed by atoms with Gasteiger partial charge in [-0.25, -0.2) is 20.2 Å². The molecule has 0 aliphatic heterocycles. The first-order valence-corrected chi connectivity index (χ1v) is 11.4. The first-order valence-electron chi connectivity index (χ1n) is 11.4. The topological polar surface area (TPSA) is 56.3 Å². The lowest BCUT2D eigenvalue weighted by Gasteiger charge is -2.15. The number of nitrogens with zero attached hydrogens (tertiary/aromatic N) is 4. The number of benzene rings is 3. The van der Waals surface area contributed by atoms with Crippen molar-refractivity contribution in [2.45, 2.75) is 26.2 Å². The fourth-order valence-corrected chi connectivity index (χ4v) is 5.50. The van der Waals surface area contributed by atoms with Crippen LogP contribution in [0.25, 0.3) is 43.1 Å². The van der Waals surface area contributed by atoms with Crippen LogP contribution >= 0.6 is 0 Å². The molecule has 0 saturated carbocycles. The van der Waals surface area contributed by atoms with Gasteiger partial charge in [0.1, 0.15) is 0 Å². The summed E-state index contributed by atoms with van der Waals surface area (Å²) in [6, 6.07) is 10.3. The van der Waals surface area contributed by atoms with Gasteiger partial charge in [-0.05, 0) is 94.3 Å². The van der Waals surface area contributed by atoms with Gasteiger partial charge in [-0.3, -0.25) is 0 Å². The minimum atomic E-state index is -4.82. The normalized spacial score (nSPS) is 15.5. The minimum Gasteiger partial charge on any atom is -0.226 e. The van der Waals surface area contributed by atoms with E-state index in [0.717, 1.165) is 18.2 Å². The van der Waals surface area contributed by atoms with Crippen LogP contribution in [0.1, 0.15) is 44.5 Å². The zero-order valence-electron chi connectivity index (χ0n) is 20.5. The number of rotatable bonds is 0. The van der Waals surface area contributed by atoms with E-state index in [1.54, 1.807) is 12.1 Å². The minimum absolute atomic E-state index is 0.00579. The summed E-state index contributed by atoms with van der Waals surface area (Å²) < 4.78 is 84.0. The van der Waals surface area contributed by atoms with E-state index < -0.39 is 34.9 Å². The van der Waals surface area contributed by atoms with Crippen LogP contribution in [0.15, 0.2) is 47.8 Å². The largest absolute Gasteiger partial charge is 0.417 e. The average Bonchev–Trinajstić information content (AvgIpc) is 3.35. The van der Waals surface area contributed by atoms with Crippen LogP contribution in [0.5, 0.6) is 0 Å². The molecule has 0 aromatic heterocycles. The summed E-state index contributed by atoms with van der Waals surface area (Å²) >= 11 is 0. The summed E-state index contributed by atoms with van der Waals surface area (Å²) in [7, 11) is 0. The molecule has 194 valence electrons. The smallest absolute Gasteiger partial charge is 0.226 e. The predicted molar refractivity (Wildman–Crippen MR) is 133 cm³/mol. The second-order valence-corrected chi connectivity index (χ2v) is 9.28. The molecule has 0 radical (unpaired) electrons. The second kappa shape index (κ2) is 8.60. The Labute approximate surface area is 224 Å². The zero-order valence-corrected chi connectivity index (χ0v) is 20.5. The molecule has 0 fully saturated rings. The van der Waals surface area contributed by atoms with Crippen molar-refractivity contribution in [1.82, 2.24) is 0 Å². The van der Waals surface area contributed by atoms with Gasteiger partial charge >= 0.3 is 12.4 Å². The molecule has 0 unspecified atom stereocenters. The maximum atomic E-state index is 14.3. The zero-order chi connectivity index (χ0) is 29.3. The highest BCUT2D eigenvalue weighted by molar-refractivity contribution is 6.11. The van der Waals surface area contributed by atoms with Gasteiger partial charge in [0, 0.05) is 16.7 Å². The Kier molecular flexibility index (Phi) is 5.65. The van der Waals surface area contributed by atoms with E-state index >= 15 is 0 Å². The third-order valence-electron chi connectivity index (χ3n) is 6.93. The molecule has 0 saturated heterocycles. The van der Waals surface area contributed by atoms with E-state index in [1.807, 2.05) is 0 Å². The van der Waals surface area contributed by atoms with Crippen molar-refractivity contribution in [2.24, 2.45) is 0 Å². The third kappa shape index (κ3) is 3.66. The molecule has 3 aromatic rings. The van der Waals surface area contributed by atoms with Crippen LogP contribution in [-0.2, 0) is 12.4 Å². The number of hydrogen-bond acceptors (Lipinski definition) is 2. The lowest BCUT2D eigenvalue weighted by molar-refractivity contribution is -0.138. The lowest BCUT2D eigenvalue weighted by atomic mass is 9.93. The summed E-state index contributed by atoms with van der Waals surface area (Å²) in [5, 5.41) is 19.4. The fourth-order valence-electron chi connectivity index (χ4n) is 5.50. The van der Waals surface area contributed by atoms with E-state index in [-0.39, 0.29) is 66.8 Å². The number of nitriles is 2. The number of fused-ring (bicyclic) bond motifs is 6. The molecule has 0 bridgehead atoms. The van der Waals surface area contributed by atoms with E-state index in [4.69, 9.17) is 13.1 Å². The van der Waals surface area contributed by atoms with Gasteiger partial charge < -0.3 is 0 Å². The Morgan fingerprint density at radius 3 is 1.60 bits per heavy atom. The molecule has 0 spiro atoms. The van der Waals surface area contributed by atoms with Crippen LogP contribution in [0.2, 0.25) is 0 Å². The van der Waals surface area contributed by atoms with E-state index in [0.29, 0.717) is 0 Å². The van der Waals surface area contributed by atoms with Crippen LogP contribution < -0.4 is 0 Å². The number of allylic oxidation sites excluding steroid dienone is 2. The Balaban J connectivity index is 2.00. The van der Waals surface area contributed by atoms with Gasteiger partial charge in [-0.1, -0.05) is 6.07 Å². The van der Waals surface area contributed by atoms with Crippen LogP contribution in [0.4, 0.5) is 26.3 Å². The van der Waals surface area contributed by atoms with Crippen molar-refractivity contribution in [1.29, 1.82) is 10.5 Å². The second-order valence-electron chi connectivity index (χ2n) is 9.28. The van der Waals surface area contributed by atoms with E-state index in [2.05, 4.69) is 9.69 Å². The Morgan fingerprint density at radius 2 is 1.15 bits per heavy atom. The summed E-state index contributed by atoms with van der Waals surface area (Å²) in [5.41, 5.74) is -2.22. The molecule has 5 rings (SSSR count). The number of hydrogen-bond donors (Lipinski definition) is 0. The maximum absolute atomic E-state index is 14.3. The molecular formula is C30H12F6N4. The quantitative estimate of drug-likeness (QED) is 0.112. The molecule has 0 heterocycles. The molecule has 40 heavy (non-hydrogen) atoms. The first kappa shape index (κ1) is 26.3.